The van der Waals surface area contributed by atoms with Crippen LogP contribution in [0.5, 0.6) is 0 Å². The van der Waals surface area contributed by atoms with E-state index in [1.807, 2.05) is 20.8 Å². The van der Waals surface area contributed by atoms with Crippen molar-refractivity contribution in [2.24, 2.45) is 0 Å². The lowest BCUT2D eigenvalue weighted by atomic mass is 10.0. The van der Waals surface area contributed by atoms with Gasteiger partial charge in [-0.05, 0) is 20.8 Å². The number of carbonyl (C=O) groups is 1. The van der Waals surface area contributed by atoms with E-state index in [0.29, 0.717) is 19.1 Å². The molecule has 6 nitrogen and oxygen atoms in total. The first-order valence-electron chi connectivity index (χ1n) is 7.07. The number of hydrogen-bond donors (Lipinski definition) is 3. The summed E-state index contributed by atoms with van der Waals surface area (Å²) < 4.78 is 5.38. The average molecular weight is 280 g/mol. The average Bonchev–Trinajstić information content (AvgIpc) is 2.31. The van der Waals surface area contributed by atoms with Crippen molar-refractivity contribution >= 4 is 12.3 Å². The summed E-state index contributed by atoms with van der Waals surface area (Å²) in [7, 11) is 0. The molecule has 0 aromatic carbocycles. The predicted octanol–water partition coefficient (Wildman–Crippen LogP) is 1.09. The molecular formula is C14H24N4O2. The van der Waals surface area contributed by atoms with Gasteiger partial charge >= 0.3 is 6.09 Å². The Hall–Kier alpha value is -1.56. The van der Waals surface area contributed by atoms with Crippen molar-refractivity contribution in [3.63, 3.8) is 0 Å². The van der Waals surface area contributed by atoms with Crippen LogP contribution in [-0.2, 0) is 4.74 Å². The van der Waals surface area contributed by atoms with Crippen molar-refractivity contribution in [1.29, 1.82) is 5.41 Å². The van der Waals surface area contributed by atoms with Crippen molar-refractivity contribution in [2.75, 3.05) is 26.2 Å². The minimum atomic E-state index is -0.484. The van der Waals surface area contributed by atoms with Crippen LogP contribution in [0, 0.1) is 5.41 Å². The predicted molar refractivity (Wildman–Crippen MR) is 78.0 cm³/mol. The monoisotopic (exact) mass is 280 g/mol. The van der Waals surface area contributed by atoms with Gasteiger partial charge in [0, 0.05) is 43.5 Å². The van der Waals surface area contributed by atoms with Crippen LogP contribution in [0.3, 0.4) is 0 Å². The molecule has 2 aliphatic heterocycles. The molecule has 0 aromatic rings. The molecule has 20 heavy (non-hydrogen) atoms. The summed E-state index contributed by atoms with van der Waals surface area (Å²) in [5.74, 6) is 0. The van der Waals surface area contributed by atoms with Gasteiger partial charge in [-0.1, -0.05) is 0 Å². The summed E-state index contributed by atoms with van der Waals surface area (Å²) in [6.07, 6.45) is 1.78. The lowest BCUT2D eigenvalue weighted by Gasteiger charge is -2.35. The Morgan fingerprint density at radius 1 is 1.50 bits per heavy atom. The van der Waals surface area contributed by atoms with Gasteiger partial charge in [-0.25, -0.2) is 4.79 Å². The van der Waals surface area contributed by atoms with Gasteiger partial charge in [0.25, 0.3) is 0 Å². The number of hydrogen-bond acceptors (Lipinski definition) is 5. The Labute approximate surface area is 120 Å². The van der Waals surface area contributed by atoms with Crippen LogP contribution in [0.25, 0.3) is 0 Å². The molecular weight excluding hydrogens is 256 g/mol. The summed E-state index contributed by atoms with van der Waals surface area (Å²) in [6, 6.07) is 0.452. The van der Waals surface area contributed by atoms with Gasteiger partial charge in [-0.3, -0.25) is 0 Å². The Kier molecular flexibility index (Phi) is 4.32. The van der Waals surface area contributed by atoms with Crippen LogP contribution in [0.4, 0.5) is 4.79 Å². The Morgan fingerprint density at radius 2 is 2.20 bits per heavy atom. The molecule has 0 atom stereocenters. The molecule has 2 aliphatic rings. The third kappa shape index (κ3) is 3.72. The van der Waals surface area contributed by atoms with E-state index in [9.17, 15) is 4.79 Å². The number of nitrogens with one attached hydrogen (secondary N) is 3. The fraction of sp³-hybridized carbons (Fsp3) is 0.714. The molecule has 2 rings (SSSR count). The lowest BCUT2D eigenvalue weighted by Crippen LogP contribution is -2.56. The van der Waals surface area contributed by atoms with Crippen LogP contribution in [0.1, 0.15) is 27.2 Å². The highest BCUT2D eigenvalue weighted by molar-refractivity contribution is 5.80. The van der Waals surface area contributed by atoms with Gasteiger partial charge in [-0.15, -0.1) is 0 Å². The van der Waals surface area contributed by atoms with Crippen molar-refractivity contribution < 1.29 is 9.53 Å². The third-order valence-electron chi connectivity index (χ3n) is 3.37. The summed E-state index contributed by atoms with van der Waals surface area (Å²) in [6.45, 7) is 8.58. The van der Waals surface area contributed by atoms with Gasteiger partial charge in [0.15, 0.2) is 0 Å². The Bertz CT molecular complexity index is 421. The van der Waals surface area contributed by atoms with E-state index in [0.717, 1.165) is 30.8 Å². The SMILES string of the molecule is CC(C)(C)OC(=O)N1CCC(NC2CNC2)=C(C=N)C1. The topological polar surface area (TPSA) is 77.5 Å². The first-order valence-corrected chi connectivity index (χ1v) is 7.07. The number of nitrogens with zero attached hydrogens (tertiary/aromatic N) is 1. The number of rotatable bonds is 3. The first kappa shape index (κ1) is 14.8. The minimum absolute atomic E-state index is 0.304. The number of ether oxygens (including phenoxy) is 1. The van der Waals surface area contributed by atoms with E-state index < -0.39 is 5.60 Å². The molecule has 0 spiro atoms. The molecule has 1 fully saturated rings. The second-order valence-electron chi connectivity index (χ2n) is 6.30. The molecule has 0 bridgehead atoms. The van der Waals surface area contributed by atoms with Gasteiger partial charge in [0.05, 0.1) is 12.6 Å². The summed E-state index contributed by atoms with van der Waals surface area (Å²) in [5, 5.41) is 14.2. The molecule has 1 saturated heterocycles. The van der Waals surface area contributed by atoms with Crippen LogP contribution >= 0.6 is 0 Å². The van der Waals surface area contributed by atoms with Gasteiger partial charge in [0.1, 0.15) is 5.60 Å². The fourth-order valence-electron chi connectivity index (χ4n) is 2.20. The fourth-order valence-corrected chi connectivity index (χ4v) is 2.20. The van der Waals surface area contributed by atoms with Gasteiger partial charge in [0.2, 0.25) is 0 Å². The molecule has 0 aromatic heterocycles. The molecule has 0 radical (unpaired) electrons. The highest BCUT2D eigenvalue weighted by Crippen LogP contribution is 2.18. The van der Waals surface area contributed by atoms with Crippen molar-refractivity contribution in [2.45, 2.75) is 38.8 Å². The van der Waals surface area contributed by atoms with Crippen LogP contribution in [0.15, 0.2) is 11.3 Å². The second kappa shape index (κ2) is 5.83. The summed E-state index contributed by atoms with van der Waals surface area (Å²) in [5.41, 5.74) is 1.47. The second-order valence-corrected chi connectivity index (χ2v) is 6.30. The van der Waals surface area contributed by atoms with E-state index in [1.165, 1.54) is 6.21 Å². The van der Waals surface area contributed by atoms with E-state index in [2.05, 4.69) is 10.6 Å². The summed E-state index contributed by atoms with van der Waals surface area (Å²) in [4.78, 5) is 13.7. The Morgan fingerprint density at radius 3 is 2.70 bits per heavy atom. The van der Waals surface area contributed by atoms with Gasteiger partial charge in [-0.2, -0.15) is 0 Å². The minimum Gasteiger partial charge on any atom is -0.444 e. The van der Waals surface area contributed by atoms with E-state index >= 15 is 0 Å². The first-order chi connectivity index (χ1) is 9.39. The van der Waals surface area contributed by atoms with Crippen LogP contribution < -0.4 is 10.6 Å². The maximum Gasteiger partial charge on any atom is 0.410 e. The van der Waals surface area contributed by atoms with Crippen molar-refractivity contribution in [3.05, 3.63) is 11.3 Å². The molecule has 6 heteroatoms. The molecule has 2 heterocycles. The largest absolute Gasteiger partial charge is 0.444 e. The normalized spacial score (nSPS) is 20.4. The zero-order valence-corrected chi connectivity index (χ0v) is 12.5. The zero-order chi connectivity index (χ0) is 14.8. The molecule has 1 amide bonds. The van der Waals surface area contributed by atoms with Gasteiger partial charge < -0.3 is 25.7 Å². The standard InChI is InChI=1S/C14H24N4O2/c1-14(2,3)20-13(19)18-5-4-12(10(6-15)9-18)17-11-7-16-8-11/h6,11,15-17H,4-5,7-9H2,1-3H3. The zero-order valence-electron chi connectivity index (χ0n) is 12.5. The number of amides is 1. The smallest absolute Gasteiger partial charge is 0.410 e. The Balaban J connectivity index is 1.97. The molecule has 3 N–H and O–H groups in total. The van der Waals surface area contributed by atoms with E-state index in [-0.39, 0.29) is 6.09 Å². The van der Waals surface area contributed by atoms with Crippen molar-refractivity contribution in [3.8, 4) is 0 Å². The van der Waals surface area contributed by atoms with E-state index in [1.54, 1.807) is 4.90 Å². The molecule has 0 unspecified atom stereocenters. The number of carbonyl (C=O) groups excluding carboxylic acids is 1. The maximum absolute atomic E-state index is 12.0. The molecule has 0 saturated carbocycles. The highest BCUT2D eigenvalue weighted by Gasteiger charge is 2.27. The third-order valence-corrected chi connectivity index (χ3v) is 3.37. The maximum atomic E-state index is 12.0. The van der Waals surface area contributed by atoms with Crippen LogP contribution in [0.2, 0.25) is 0 Å². The lowest BCUT2D eigenvalue weighted by molar-refractivity contribution is 0.0261. The summed E-state index contributed by atoms with van der Waals surface area (Å²) >= 11 is 0. The molecule has 0 aliphatic carbocycles. The highest BCUT2D eigenvalue weighted by atomic mass is 16.6. The quantitative estimate of drug-likeness (QED) is 0.676. The van der Waals surface area contributed by atoms with Crippen molar-refractivity contribution in [1.82, 2.24) is 15.5 Å². The van der Waals surface area contributed by atoms with E-state index in [4.69, 9.17) is 10.1 Å². The molecule has 112 valence electrons. The van der Waals surface area contributed by atoms with Crippen LogP contribution in [-0.4, -0.2) is 55.0 Å².